The Morgan fingerprint density at radius 3 is 3.00 bits per heavy atom. The lowest BCUT2D eigenvalue weighted by molar-refractivity contribution is 0.318. The van der Waals surface area contributed by atoms with Crippen LogP contribution in [-0.2, 0) is 0 Å². The molecule has 3 nitrogen and oxygen atoms in total. The second-order valence-electron chi connectivity index (χ2n) is 3.86. The van der Waals surface area contributed by atoms with Crippen LogP contribution >= 0.6 is 0 Å². The number of nitrogens with one attached hydrogen (secondary N) is 1. The quantitative estimate of drug-likeness (QED) is 0.747. The molecule has 16 heavy (non-hydrogen) atoms. The molecule has 0 atom stereocenters. The van der Waals surface area contributed by atoms with E-state index in [9.17, 15) is 0 Å². The number of aromatic nitrogens is 1. The van der Waals surface area contributed by atoms with Crippen molar-refractivity contribution in [2.24, 2.45) is 0 Å². The fourth-order valence-corrected chi connectivity index (χ4v) is 1.20. The van der Waals surface area contributed by atoms with E-state index in [4.69, 9.17) is 4.74 Å². The fourth-order valence-electron chi connectivity index (χ4n) is 1.20. The normalized spacial score (nSPS) is 9.69. The molecule has 0 aliphatic heterocycles. The van der Waals surface area contributed by atoms with Crippen LogP contribution in [-0.4, -0.2) is 18.1 Å². The van der Waals surface area contributed by atoms with E-state index in [1.807, 2.05) is 12.1 Å². The maximum absolute atomic E-state index is 5.60. The minimum atomic E-state index is 0.725. The van der Waals surface area contributed by atoms with E-state index >= 15 is 0 Å². The van der Waals surface area contributed by atoms with Crippen LogP contribution in [0.15, 0.2) is 30.0 Å². The van der Waals surface area contributed by atoms with Gasteiger partial charge in [-0.2, -0.15) is 0 Å². The van der Waals surface area contributed by atoms with Gasteiger partial charge in [-0.15, -0.1) is 0 Å². The van der Waals surface area contributed by atoms with E-state index in [1.54, 1.807) is 6.20 Å². The molecule has 1 aromatic heterocycles. The molecule has 0 aliphatic rings. The lowest BCUT2D eigenvalue weighted by Gasteiger charge is -2.10. The van der Waals surface area contributed by atoms with E-state index in [1.165, 1.54) is 5.57 Å². The Hall–Kier alpha value is -1.51. The van der Waals surface area contributed by atoms with Crippen molar-refractivity contribution in [3.63, 3.8) is 0 Å². The highest BCUT2D eigenvalue weighted by atomic mass is 16.5. The molecule has 0 aromatic carbocycles. The highest BCUT2D eigenvalue weighted by Crippen LogP contribution is 2.20. The standard InChI is InChI=1S/C13H20N2O/c1-4-10-16-12-6-5-8-14-13(12)15-9-7-11(2)3/h5-8H,4,9-10H2,1-3H3,(H,14,15). The third-order valence-corrected chi connectivity index (χ3v) is 2.01. The zero-order valence-corrected chi connectivity index (χ0v) is 10.3. The van der Waals surface area contributed by atoms with Gasteiger partial charge in [0.05, 0.1) is 6.61 Å². The second-order valence-corrected chi connectivity index (χ2v) is 3.86. The summed E-state index contributed by atoms with van der Waals surface area (Å²) in [6.45, 7) is 7.75. The van der Waals surface area contributed by atoms with Crippen molar-refractivity contribution >= 4 is 5.82 Å². The topological polar surface area (TPSA) is 34.1 Å². The maximum atomic E-state index is 5.60. The van der Waals surface area contributed by atoms with Crippen molar-refractivity contribution in [1.29, 1.82) is 0 Å². The van der Waals surface area contributed by atoms with Gasteiger partial charge in [0.25, 0.3) is 0 Å². The minimum absolute atomic E-state index is 0.725. The Bertz CT molecular complexity index is 344. The largest absolute Gasteiger partial charge is 0.490 e. The van der Waals surface area contributed by atoms with Crippen LogP contribution in [0.3, 0.4) is 0 Å². The van der Waals surface area contributed by atoms with Gasteiger partial charge in [0.15, 0.2) is 11.6 Å². The van der Waals surface area contributed by atoms with Crippen LogP contribution in [0.1, 0.15) is 27.2 Å². The summed E-state index contributed by atoms with van der Waals surface area (Å²) < 4.78 is 5.60. The molecule has 0 bridgehead atoms. The Balaban J connectivity index is 2.59. The molecule has 1 rings (SSSR count). The molecule has 0 radical (unpaired) electrons. The van der Waals surface area contributed by atoms with Crippen molar-refractivity contribution in [2.75, 3.05) is 18.5 Å². The molecule has 0 fully saturated rings. The molecule has 88 valence electrons. The predicted octanol–water partition coefficient (Wildman–Crippen LogP) is 3.25. The summed E-state index contributed by atoms with van der Waals surface area (Å²) in [5.41, 5.74) is 1.29. The fraction of sp³-hybridized carbons (Fsp3) is 0.462. The second kappa shape index (κ2) is 6.88. The van der Waals surface area contributed by atoms with Crippen LogP contribution < -0.4 is 10.1 Å². The summed E-state index contributed by atoms with van der Waals surface area (Å²) in [5.74, 6) is 1.64. The molecule has 0 spiro atoms. The maximum Gasteiger partial charge on any atom is 0.168 e. The van der Waals surface area contributed by atoms with Gasteiger partial charge in [0, 0.05) is 12.7 Å². The zero-order valence-electron chi connectivity index (χ0n) is 10.3. The molecular weight excluding hydrogens is 200 g/mol. The molecular formula is C13H20N2O. The third-order valence-electron chi connectivity index (χ3n) is 2.01. The number of allylic oxidation sites excluding steroid dienone is 1. The molecule has 0 saturated heterocycles. The number of hydrogen-bond donors (Lipinski definition) is 1. The first-order chi connectivity index (χ1) is 7.74. The molecule has 0 amide bonds. The molecule has 3 heteroatoms. The average molecular weight is 220 g/mol. The molecule has 0 unspecified atom stereocenters. The van der Waals surface area contributed by atoms with Crippen LogP contribution in [0, 0.1) is 0 Å². The number of ether oxygens (including phenoxy) is 1. The van der Waals surface area contributed by atoms with Gasteiger partial charge in [-0.3, -0.25) is 0 Å². The Kier molecular flexibility index (Phi) is 5.40. The summed E-state index contributed by atoms with van der Waals surface area (Å²) in [6, 6.07) is 3.82. The van der Waals surface area contributed by atoms with Gasteiger partial charge < -0.3 is 10.1 Å². The summed E-state index contributed by atoms with van der Waals surface area (Å²) in [6.07, 6.45) is 4.89. The minimum Gasteiger partial charge on any atom is -0.490 e. The number of rotatable bonds is 6. The summed E-state index contributed by atoms with van der Waals surface area (Å²) >= 11 is 0. The van der Waals surface area contributed by atoms with E-state index in [0.717, 1.165) is 31.1 Å². The summed E-state index contributed by atoms with van der Waals surface area (Å²) in [7, 11) is 0. The highest BCUT2D eigenvalue weighted by Gasteiger charge is 2.01. The number of nitrogens with zero attached hydrogens (tertiary/aromatic N) is 1. The number of anilines is 1. The van der Waals surface area contributed by atoms with Gasteiger partial charge >= 0.3 is 0 Å². The third kappa shape index (κ3) is 4.34. The van der Waals surface area contributed by atoms with Crippen LogP contribution in [0.2, 0.25) is 0 Å². The first-order valence-electron chi connectivity index (χ1n) is 5.69. The molecule has 1 N–H and O–H groups in total. The Morgan fingerprint density at radius 2 is 2.31 bits per heavy atom. The highest BCUT2D eigenvalue weighted by molar-refractivity contribution is 5.49. The first-order valence-corrected chi connectivity index (χ1v) is 5.69. The SMILES string of the molecule is CCCOc1cccnc1NCC=C(C)C. The van der Waals surface area contributed by atoms with Crippen LogP contribution in [0.25, 0.3) is 0 Å². The predicted molar refractivity (Wildman–Crippen MR) is 67.9 cm³/mol. The Morgan fingerprint density at radius 1 is 1.50 bits per heavy atom. The van der Waals surface area contributed by atoms with Crippen molar-refractivity contribution in [1.82, 2.24) is 4.98 Å². The Labute approximate surface area is 97.5 Å². The summed E-state index contributed by atoms with van der Waals surface area (Å²) in [4.78, 5) is 4.26. The lowest BCUT2D eigenvalue weighted by atomic mass is 10.3. The molecule has 1 aromatic rings. The lowest BCUT2D eigenvalue weighted by Crippen LogP contribution is -2.05. The van der Waals surface area contributed by atoms with Gasteiger partial charge in [-0.1, -0.05) is 18.6 Å². The zero-order chi connectivity index (χ0) is 11.8. The van der Waals surface area contributed by atoms with E-state index in [2.05, 4.69) is 37.1 Å². The van der Waals surface area contributed by atoms with Gasteiger partial charge in [0.1, 0.15) is 0 Å². The smallest absolute Gasteiger partial charge is 0.168 e. The van der Waals surface area contributed by atoms with Gasteiger partial charge in [-0.05, 0) is 32.4 Å². The van der Waals surface area contributed by atoms with Crippen LogP contribution in [0.4, 0.5) is 5.82 Å². The average Bonchev–Trinajstić information content (AvgIpc) is 2.27. The molecule has 0 aliphatic carbocycles. The first kappa shape index (κ1) is 12.6. The van der Waals surface area contributed by atoms with Crippen molar-refractivity contribution in [3.05, 3.63) is 30.0 Å². The monoisotopic (exact) mass is 220 g/mol. The van der Waals surface area contributed by atoms with Crippen molar-refractivity contribution in [2.45, 2.75) is 27.2 Å². The summed E-state index contributed by atoms with van der Waals surface area (Å²) in [5, 5.41) is 3.24. The molecule has 0 saturated carbocycles. The van der Waals surface area contributed by atoms with E-state index < -0.39 is 0 Å². The number of hydrogen-bond acceptors (Lipinski definition) is 3. The van der Waals surface area contributed by atoms with Crippen LogP contribution in [0.5, 0.6) is 5.75 Å². The van der Waals surface area contributed by atoms with E-state index in [-0.39, 0.29) is 0 Å². The van der Waals surface area contributed by atoms with E-state index in [0.29, 0.717) is 0 Å². The number of pyridine rings is 1. The molecule has 1 heterocycles. The van der Waals surface area contributed by atoms with Crippen molar-refractivity contribution < 1.29 is 4.74 Å². The van der Waals surface area contributed by atoms with Crippen molar-refractivity contribution in [3.8, 4) is 5.75 Å². The van der Waals surface area contributed by atoms with Gasteiger partial charge in [-0.25, -0.2) is 4.98 Å². The van der Waals surface area contributed by atoms with Gasteiger partial charge in [0.2, 0.25) is 0 Å².